The quantitative estimate of drug-likeness (QED) is 0.418. The van der Waals surface area contributed by atoms with Crippen LogP contribution in [-0.2, 0) is 22.4 Å². The van der Waals surface area contributed by atoms with Crippen molar-refractivity contribution in [2.24, 2.45) is 11.8 Å². The molecule has 2 rings (SSSR count). The lowest BCUT2D eigenvalue weighted by molar-refractivity contribution is -0.128. The van der Waals surface area contributed by atoms with Gasteiger partial charge < -0.3 is 0 Å². The number of hydrogen-bond donors (Lipinski definition) is 0. The van der Waals surface area contributed by atoms with E-state index in [1.165, 1.54) is 24.0 Å². The molecule has 1 aromatic carbocycles. The van der Waals surface area contributed by atoms with Crippen LogP contribution < -0.4 is 0 Å². The molecular formula is C25H35NO2. The van der Waals surface area contributed by atoms with Crippen molar-refractivity contribution in [3.05, 3.63) is 35.4 Å². The van der Waals surface area contributed by atoms with Crippen LogP contribution >= 0.6 is 0 Å². The minimum atomic E-state index is -0.0227. The third-order valence-corrected chi connectivity index (χ3v) is 6.07. The Kier molecular flexibility index (Phi) is 9.97. The summed E-state index contributed by atoms with van der Waals surface area (Å²) in [6.45, 7) is 2.18. The Hall–Kier alpha value is -1.95. The molecule has 28 heavy (non-hydrogen) atoms. The minimum absolute atomic E-state index is 0.0227. The average Bonchev–Trinajstić information content (AvgIpc) is 2.69. The van der Waals surface area contributed by atoms with Gasteiger partial charge in [-0.15, -0.1) is 0 Å². The number of benzene rings is 1. The number of aryl methyl sites for hydroxylation is 1. The van der Waals surface area contributed by atoms with Gasteiger partial charge in [-0.05, 0) is 55.6 Å². The van der Waals surface area contributed by atoms with Crippen molar-refractivity contribution in [3.8, 4) is 6.07 Å². The van der Waals surface area contributed by atoms with Crippen molar-refractivity contribution in [2.75, 3.05) is 0 Å². The molecule has 0 aliphatic heterocycles. The Morgan fingerprint density at radius 1 is 1.14 bits per heavy atom. The van der Waals surface area contributed by atoms with Gasteiger partial charge in [0.1, 0.15) is 11.6 Å². The molecule has 0 unspecified atom stereocenters. The first kappa shape index (κ1) is 22.3. The number of ketones is 2. The molecule has 1 aliphatic rings. The fourth-order valence-corrected chi connectivity index (χ4v) is 4.45. The van der Waals surface area contributed by atoms with Crippen LogP contribution in [0.4, 0.5) is 0 Å². The van der Waals surface area contributed by atoms with E-state index >= 15 is 0 Å². The number of unbranched alkanes of at least 4 members (excludes halogenated alkanes) is 4. The van der Waals surface area contributed by atoms with Crippen molar-refractivity contribution in [1.29, 1.82) is 5.26 Å². The first-order chi connectivity index (χ1) is 13.7. The first-order valence-electron chi connectivity index (χ1n) is 11.1. The van der Waals surface area contributed by atoms with Gasteiger partial charge in [-0.1, -0.05) is 50.5 Å². The van der Waals surface area contributed by atoms with Crippen molar-refractivity contribution in [3.63, 3.8) is 0 Å². The average molecular weight is 382 g/mol. The molecule has 3 nitrogen and oxygen atoms in total. The van der Waals surface area contributed by atoms with Crippen LogP contribution in [0.3, 0.4) is 0 Å². The highest BCUT2D eigenvalue weighted by Crippen LogP contribution is 2.34. The predicted molar refractivity (Wildman–Crippen MR) is 113 cm³/mol. The Labute approximate surface area is 170 Å². The van der Waals surface area contributed by atoms with Crippen LogP contribution in [0.1, 0.15) is 88.7 Å². The number of Topliss-reactive ketones (excluding diaryl/α,β-unsaturated/α-hetero) is 2. The summed E-state index contributed by atoms with van der Waals surface area (Å²) in [5.74, 6) is 0.850. The van der Waals surface area contributed by atoms with E-state index in [-0.39, 0.29) is 11.8 Å². The highest BCUT2D eigenvalue weighted by atomic mass is 16.1. The van der Waals surface area contributed by atoms with Crippen molar-refractivity contribution in [1.82, 2.24) is 0 Å². The highest BCUT2D eigenvalue weighted by molar-refractivity contribution is 5.84. The van der Waals surface area contributed by atoms with Gasteiger partial charge in [0.2, 0.25) is 0 Å². The second-order valence-corrected chi connectivity index (χ2v) is 8.26. The number of nitriles is 1. The Balaban J connectivity index is 2.00. The summed E-state index contributed by atoms with van der Waals surface area (Å²) in [6.07, 6.45) is 11.3. The van der Waals surface area contributed by atoms with E-state index in [1.807, 2.05) is 12.1 Å². The molecule has 1 fully saturated rings. The van der Waals surface area contributed by atoms with Crippen LogP contribution in [0.2, 0.25) is 0 Å². The molecule has 0 aromatic heterocycles. The maximum atomic E-state index is 12.7. The molecule has 0 heterocycles. The Morgan fingerprint density at radius 3 is 2.68 bits per heavy atom. The predicted octanol–water partition coefficient (Wildman–Crippen LogP) is 5.99. The summed E-state index contributed by atoms with van der Waals surface area (Å²) in [5, 5.41) is 8.79. The number of carbonyl (C=O) groups is 2. The van der Waals surface area contributed by atoms with E-state index in [1.54, 1.807) is 0 Å². The first-order valence-corrected chi connectivity index (χ1v) is 11.1. The summed E-state index contributed by atoms with van der Waals surface area (Å²) in [4.78, 5) is 25.2. The van der Waals surface area contributed by atoms with E-state index < -0.39 is 0 Å². The summed E-state index contributed by atoms with van der Waals surface area (Å²) in [5.41, 5.74) is 2.47. The fraction of sp³-hybridized carbons (Fsp3) is 0.640. The molecule has 0 amide bonds. The van der Waals surface area contributed by atoms with Gasteiger partial charge in [-0.2, -0.15) is 5.26 Å². The lowest BCUT2D eigenvalue weighted by atomic mass is 9.72. The fourth-order valence-electron chi connectivity index (χ4n) is 4.45. The highest BCUT2D eigenvalue weighted by Gasteiger charge is 2.33. The Bertz CT molecular complexity index is 673. The second kappa shape index (κ2) is 12.5. The van der Waals surface area contributed by atoms with Crippen molar-refractivity contribution < 1.29 is 9.59 Å². The van der Waals surface area contributed by atoms with Crippen molar-refractivity contribution in [2.45, 2.75) is 90.4 Å². The zero-order valence-corrected chi connectivity index (χ0v) is 17.4. The summed E-state index contributed by atoms with van der Waals surface area (Å²) < 4.78 is 0. The zero-order valence-electron chi connectivity index (χ0n) is 17.4. The lowest BCUT2D eigenvalue weighted by Gasteiger charge is -2.30. The molecule has 0 saturated heterocycles. The largest absolute Gasteiger partial charge is 0.300 e. The summed E-state index contributed by atoms with van der Waals surface area (Å²) in [6, 6.07) is 10.5. The number of rotatable bonds is 12. The topological polar surface area (TPSA) is 57.9 Å². The molecule has 1 aliphatic carbocycles. The van der Waals surface area contributed by atoms with E-state index in [9.17, 15) is 9.59 Å². The minimum Gasteiger partial charge on any atom is -0.300 e. The number of nitrogens with zero attached hydrogens (tertiary/aromatic N) is 1. The van der Waals surface area contributed by atoms with Crippen LogP contribution in [-0.4, -0.2) is 11.6 Å². The lowest BCUT2D eigenvalue weighted by Crippen LogP contribution is -2.32. The van der Waals surface area contributed by atoms with Gasteiger partial charge in [-0.25, -0.2) is 0 Å². The SMILES string of the molecule is CCCCCCC(=O)C[C@H]1CCCC(=O)[C@@H]1Cc1ccccc1CCCC#N. The van der Waals surface area contributed by atoms with E-state index in [0.717, 1.165) is 44.9 Å². The molecule has 3 heteroatoms. The van der Waals surface area contributed by atoms with Gasteiger partial charge in [0.15, 0.2) is 0 Å². The standard InChI is InChI=1S/C25H35NO2/c1-2-3-4-5-15-23(27)18-22-14-10-16-25(28)24(22)19-21-13-7-6-11-20(21)12-8-9-17-26/h6-7,11,13,22,24H,2-5,8-10,12,14-16,18-19H2,1H3/t22-,24-/m1/s1. The number of carbonyl (C=O) groups excluding carboxylic acids is 2. The van der Waals surface area contributed by atoms with E-state index in [0.29, 0.717) is 37.2 Å². The summed E-state index contributed by atoms with van der Waals surface area (Å²) in [7, 11) is 0. The molecule has 0 N–H and O–H groups in total. The van der Waals surface area contributed by atoms with Gasteiger partial charge in [0.05, 0.1) is 6.07 Å². The maximum Gasteiger partial charge on any atom is 0.136 e. The van der Waals surface area contributed by atoms with Gasteiger partial charge >= 0.3 is 0 Å². The van der Waals surface area contributed by atoms with Gasteiger partial charge in [0.25, 0.3) is 0 Å². The third kappa shape index (κ3) is 7.23. The Morgan fingerprint density at radius 2 is 1.93 bits per heavy atom. The van der Waals surface area contributed by atoms with Crippen LogP contribution in [0, 0.1) is 23.2 Å². The zero-order chi connectivity index (χ0) is 20.2. The molecule has 152 valence electrons. The van der Waals surface area contributed by atoms with Crippen LogP contribution in [0.5, 0.6) is 0 Å². The van der Waals surface area contributed by atoms with Gasteiger partial charge in [-0.3, -0.25) is 9.59 Å². The molecular weight excluding hydrogens is 346 g/mol. The number of hydrogen-bond acceptors (Lipinski definition) is 3. The van der Waals surface area contributed by atoms with Crippen LogP contribution in [0.25, 0.3) is 0 Å². The maximum absolute atomic E-state index is 12.7. The molecule has 1 saturated carbocycles. The third-order valence-electron chi connectivity index (χ3n) is 6.07. The van der Waals surface area contributed by atoms with E-state index in [2.05, 4.69) is 25.1 Å². The van der Waals surface area contributed by atoms with Crippen molar-refractivity contribution >= 4 is 11.6 Å². The van der Waals surface area contributed by atoms with Gasteiger partial charge in [0, 0.05) is 31.6 Å². The molecule has 0 bridgehead atoms. The summed E-state index contributed by atoms with van der Waals surface area (Å²) >= 11 is 0. The molecule has 0 radical (unpaired) electrons. The molecule has 2 atom stereocenters. The van der Waals surface area contributed by atoms with Crippen LogP contribution in [0.15, 0.2) is 24.3 Å². The monoisotopic (exact) mass is 381 g/mol. The van der Waals surface area contributed by atoms with E-state index in [4.69, 9.17) is 5.26 Å². The molecule has 1 aromatic rings. The normalized spacial score (nSPS) is 19.4. The molecule has 0 spiro atoms. The second-order valence-electron chi connectivity index (χ2n) is 8.26. The smallest absolute Gasteiger partial charge is 0.136 e.